The molecule has 178 valence electrons. The quantitative estimate of drug-likeness (QED) is 0.256. The lowest BCUT2D eigenvalue weighted by Crippen LogP contribution is -2.49. The molecule has 1 heterocycles. The molecule has 7 nitrogen and oxygen atoms in total. The van der Waals surface area contributed by atoms with E-state index in [4.69, 9.17) is 4.74 Å². The number of sulfone groups is 1. The lowest BCUT2D eigenvalue weighted by atomic mass is 10.1. The summed E-state index contributed by atoms with van der Waals surface area (Å²) in [6, 6.07) is 5.73. The number of benzene rings is 1. The maximum absolute atomic E-state index is 13.8. The van der Waals surface area contributed by atoms with E-state index in [9.17, 15) is 12.8 Å². The Morgan fingerprint density at radius 1 is 1.29 bits per heavy atom. The average molecular weight is 571 g/mol. The van der Waals surface area contributed by atoms with E-state index in [0.29, 0.717) is 12.5 Å². The number of nitrogens with zero attached hydrogens (tertiary/aromatic N) is 2. The van der Waals surface area contributed by atoms with Crippen molar-refractivity contribution < 1.29 is 17.5 Å². The standard InChI is InChI=1S/C21H35FN4O3S.HI/c1-4-23-21(24-11-16-30(27,28)20-8-6-5-7-19(20)22)25-18-9-12-26(13-10-18)14-15-29-17(2)3;/h5-8,17-18H,4,9-16H2,1-3H3,(H2,23,24,25);1H. The maximum atomic E-state index is 13.8. The van der Waals surface area contributed by atoms with Gasteiger partial charge in [0.2, 0.25) is 0 Å². The van der Waals surface area contributed by atoms with Gasteiger partial charge in [-0.2, -0.15) is 0 Å². The van der Waals surface area contributed by atoms with Crippen molar-refractivity contribution in [3.63, 3.8) is 0 Å². The third kappa shape index (κ3) is 10.0. The Labute approximate surface area is 203 Å². The SMILES string of the molecule is CCNC(=NCCS(=O)(=O)c1ccccc1F)NC1CCN(CCOC(C)C)CC1.I. The molecule has 1 aliphatic rings. The zero-order chi connectivity index (χ0) is 22.0. The first-order chi connectivity index (χ1) is 14.3. The number of hydrogen-bond donors (Lipinski definition) is 2. The number of guanidine groups is 1. The van der Waals surface area contributed by atoms with Crippen LogP contribution in [-0.2, 0) is 14.6 Å². The predicted octanol–water partition coefficient (Wildman–Crippen LogP) is 2.66. The summed E-state index contributed by atoms with van der Waals surface area (Å²) in [5.41, 5.74) is 0. The van der Waals surface area contributed by atoms with Gasteiger partial charge in [-0.05, 0) is 45.7 Å². The number of nitrogens with one attached hydrogen (secondary N) is 2. The fraction of sp³-hybridized carbons (Fsp3) is 0.667. The van der Waals surface area contributed by atoms with E-state index in [1.807, 2.05) is 20.8 Å². The number of halogens is 2. The first-order valence-corrected chi connectivity index (χ1v) is 12.3. The van der Waals surface area contributed by atoms with Gasteiger partial charge in [0.25, 0.3) is 0 Å². The lowest BCUT2D eigenvalue weighted by molar-refractivity contribution is 0.0532. The molecule has 1 fully saturated rings. The largest absolute Gasteiger partial charge is 0.377 e. The number of hydrogen-bond acceptors (Lipinski definition) is 5. The van der Waals surface area contributed by atoms with E-state index < -0.39 is 15.7 Å². The first kappa shape index (κ1) is 28.1. The molecular weight excluding hydrogens is 534 g/mol. The van der Waals surface area contributed by atoms with Crippen LogP contribution in [0.2, 0.25) is 0 Å². The van der Waals surface area contributed by atoms with Crippen LogP contribution in [0.1, 0.15) is 33.6 Å². The molecule has 0 unspecified atom stereocenters. The molecule has 0 spiro atoms. The van der Waals surface area contributed by atoms with Gasteiger partial charge in [-0.15, -0.1) is 24.0 Å². The average Bonchev–Trinajstić information content (AvgIpc) is 2.69. The van der Waals surface area contributed by atoms with Gasteiger partial charge in [0, 0.05) is 32.2 Å². The molecule has 1 saturated heterocycles. The van der Waals surface area contributed by atoms with Gasteiger partial charge in [-0.3, -0.25) is 4.99 Å². The summed E-state index contributed by atoms with van der Waals surface area (Å²) >= 11 is 0. The highest BCUT2D eigenvalue weighted by molar-refractivity contribution is 14.0. The van der Waals surface area contributed by atoms with Crippen LogP contribution >= 0.6 is 24.0 Å². The lowest BCUT2D eigenvalue weighted by Gasteiger charge is -2.33. The van der Waals surface area contributed by atoms with Gasteiger partial charge in [0.1, 0.15) is 10.7 Å². The molecule has 1 aromatic carbocycles. The van der Waals surface area contributed by atoms with Gasteiger partial charge >= 0.3 is 0 Å². The van der Waals surface area contributed by atoms with E-state index in [2.05, 4.69) is 20.5 Å². The highest BCUT2D eigenvalue weighted by Crippen LogP contribution is 2.15. The Bertz CT molecular complexity index is 785. The Morgan fingerprint density at radius 3 is 2.58 bits per heavy atom. The zero-order valence-corrected chi connectivity index (χ0v) is 21.8. The third-order valence-electron chi connectivity index (χ3n) is 4.93. The Hall–Kier alpha value is -0.980. The molecule has 0 radical (unpaired) electrons. The number of ether oxygens (including phenoxy) is 1. The van der Waals surface area contributed by atoms with Crippen LogP contribution in [0.15, 0.2) is 34.2 Å². The summed E-state index contributed by atoms with van der Waals surface area (Å²) in [6.07, 6.45) is 2.23. The minimum absolute atomic E-state index is 0. The summed E-state index contributed by atoms with van der Waals surface area (Å²) in [5, 5.41) is 6.56. The van der Waals surface area contributed by atoms with Crippen molar-refractivity contribution in [1.82, 2.24) is 15.5 Å². The molecule has 2 rings (SSSR count). The van der Waals surface area contributed by atoms with Gasteiger partial charge in [-0.1, -0.05) is 12.1 Å². The van der Waals surface area contributed by atoms with Crippen LogP contribution in [0.25, 0.3) is 0 Å². The van der Waals surface area contributed by atoms with Crippen molar-refractivity contribution in [2.24, 2.45) is 4.99 Å². The second-order valence-corrected chi connectivity index (χ2v) is 9.77. The normalized spacial score (nSPS) is 16.2. The summed E-state index contributed by atoms with van der Waals surface area (Å²) in [5.74, 6) is -0.362. The van der Waals surface area contributed by atoms with Crippen molar-refractivity contribution in [3.05, 3.63) is 30.1 Å². The van der Waals surface area contributed by atoms with E-state index >= 15 is 0 Å². The van der Waals surface area contributed by atoms with Crippen LogP contribution in [-0.4, -0.2) is 76.5 Å². The highest BCUT2D eigenvalue weighted by atomic mass is 127. The molecule has 0 aromatic heterocycles. The van der Waals surface area contributed by atoms with Gasteiger partial charge in [0.05, 0.1) is 25.0 Å². The summed E-state index contributed by atoms with van der Waals surface area (Å²) in [7, 11) is -3.71. The maximum Gasteiger partial charge on any atom is 0.191 e. The third-order valence-corrected chi connectivity index (χ3v) is 6.65. The number of likely N-dealkylation sites (tertiary alicyclic amines) is 1. The molecule has 0 atom stereocenters. The van der Waals surface area contributed by atoms with Crippen molar-refractivity contribution in [1.29, 1.82) is 0 Å². The van der Waals surface area contributed by atoms with Crippen LogP contribution in [0.3, 0.4) is 0 Å². The topological polar surface area (TPSA) is 83.0 Å². The van der Waals surface area contributed by atoms with Crippen LogP contribution in [0.4, 0.5) is 4.39 Å². The van der Waals surface area contributed by atoms with E-state index in [1.165, 1.54) is 18.2 Å². The molecule has 1 aromatic rings. The van der Waals surface area contributed by atoms with Crippen LogP contribution in [0, 0.1) is 5.82 Å². The van der Waals surface area contributed by atoms with Crippen molar-refractivity contribution in [3.8, 4) is 0 Å². The molecule has 0 saturated carbocycles. The van der Waals surface area contributed by atoms with Crippen LogP contribution in [0.5, 0.6) is 0 Å². The molecule has 0 aliphatic carbocycles. The van der Waals surface area contributed by atoms with Gasteiger partial charge < -0.3 is 20.3 Å². The van der Waals surface area contributed by atoms with Crippen LogP contribution < -0.4 is 10.6 Å². The van der Waals surface area contributed by atoms with Gasteiger partial charge in [-0.25, -0.2) is 12.8 Å². The zero-order valence-electron chi connectivity index (χ0n) is 18.6. The monoisotopic (exact) mass is 570 g/mol. The molecular formula is C21H36FIN4O3S. The molecule has 31 heavy (non-hydrogen) atoms. The van der Waals surface area contributed by atoms with E-state index in [-0.39, 0.29) is 53.3 Å². The number of piperidine rings is 1. The minimum Gasteiger partial charge on any atom is -0.377 e. The molecule has 0 amide bonds. The number of aliphatic imine (C=N–C) groups is 1. The van der Waals surface area contributed by atoms with Gasteiger partial charge in [0.15, 0.2) is 15.8 Å². The molecule has 1 aliphatic heterocycles. The first-order valence-electron chi connectivity index (χ1n) is 10.7. The summed E-state index contributed by atoms with van der Waals surface area (Å²) < 4.78 is 44.2. The minimum atomic E-state index is -3.71. The molecule has 10 heteroatoms. The highest BCUT2D eigenvalue weighted by Gasteiger charge is 2.21. The fourth-order valence-electron chi connectivity index (χ4n) is 3.32. The van der Waals surface area contributed by atoms with Crippen molar-refractivity contribution >= 4 is 39.8 Å². The summed E-state index contributed by atoms with van der Waals surface area (Å²) in [6.45, 7) is 10.4. The predicted molar refractivity (Wildman–Crippen MR) is 134 cm³/mol. The Morgan fingerprint density at radius 2 is 1.97 bits per heavy atom. The smallest absolute Gasteiger partial charge is 0.191 e. The second kappa shape index (κ2) is 14.2. The van der Waals surface area contributed by atoms with E-state index in [1.54, 1.807) is 0 Å². The Balaban J connectivity index is 0.00000480. The Kier molecular flexibility index (Phi) is 12.9. The second-order valence-electron chi connectivity index (χ2n) is 7.69. The van der Waals surface area contributed by atoms with E-state index in [0.717, 1.165) is 45.1 Å². The number of rotatable bonds is 10. The fourth-order valence-corrected chi connectivity index (χ4v) is 4.52. The van der Waals surface area contributed by atoms with Crippen molar-refractivity contribution in [2.45, 2.75) is 50.7 Å². The molecule has 0 bridgehead atoms. The van der Waals surface area contributed by atoms with Crippen molar-refractivity contribution in [2.75, 3.05) is 45.1 Å². The summed E-state index contributed by atoms with van der Waals surface area (Å²) in [4.78, 5) is 6.52. The molecule has 2 N–H and O–H groups in total.